The molecule has 0 fully saturated rings. The van der Waals surface area contributed by atoms with Gasteiger partial charge in [-0.1, -0.05) is 6.07 Å². The molecule has 0 radical (unpaired) electrons. The first kappa shape index (κ1) is 9.85. The number of hydrogen-bond donors (Lipinski definition) is 2. The SMILES string of the molecule is NCc1ccc(C(F)(F)F)cc1O. The van der Waals surface area contributed by atoms with Gasteiger partial charge < -0.3 is 10.8 Å². The zero-order valence-electron chi connectivity index (χ0n) is 6.60. The van der Waals surface area contributed by atoms with Gasteiger partial charge in [-0.2, -0.15) is 13.2 Å². The molecule has 0 spiro atoms. The van der Waals surface area contributed by atoms with E-state index >= 15 is 0 Å². The maximum absolute atomic E-state index is 12.1. The topological polar surface area (TPSA) is 46.2 Å². The van der Waals surface area contributed by atoms with Crippen molar-refractivity contribution in [1.29, 1.82) is 0 Å². The van der Waals surface area contributed by atoms with Crippen molar-refractivity contribution in [3.8, 4) is 5.75 Å². The minimum absolute atomic E-state index is 0.0178. The van der Waals surface area contributed by atoms with Crippen molar-refractivity contribution in [2.75, 3.05) is 0 Å². The summed E-state index contributed by atoms with van der Waals surface area (Å²) in [5, 5.41) is 9.07. The van der Waals surface area contributed by atoms with Crippen LogP contribution < -0.4 is 5.73 Å². The largest absolute Gasteiger partial charge is 0.508 e. The summed E-state index contributed by atoms with van der Waals surface area (Å²) in [7, 11) is 0. The second-order valence-electron chi connectivity index (χ2n) is 2.55. The lowest BCUT2D eigenvalue weighted by molar-refractivity contribution is -0.137. The second kappa shape index (κ2) is 3.26. The van der Waals surface area contributed by atoms with E-state index in [1.54, 1.807) is 0 Å². The van der Waals surface area contributed by atoms with Crippen molar-refractivity contribution in [3.63, 3.8) is 0 Å². The molecule has 0 aromatic heterocycles. The molecule has 1 aromatic rings. The number of rotatable bonds is 1. The lowest BCUT2D eigenvalue weighted by Crippen LogP contribution is -2.05. The highest BCUT2D eigenvalue weighted by Crippen LogP contribution is 2.32. The Kier molecular flexibility index (Phi) is 2.47. The standard InChI is InChI=1S/C8H8F3NO/c9-8(10,11)6-2-1-5(4-12)7(13)3-6/h1-3,13H,4,12H2. The molecule has 3 N–H and O–H groups in total. The van der Waals surface area contributed by atoms with Crippen molar-refractivity contribution < 1.29 is 18.3 Å². The van der Waals surface area contributed by atoms with Crippen LogP contribution in [0.5, 0.6) is 5.75 Å². The predicted molar refractivity (Wildman–Crippen MR) is 41.0 cm³/mol. The Labute approximate surface area is 72.8 Å². The van der Waals surface area contributed by atoms with Gasteiger partial charge in [-0.25, -0.2) is 0 Å². The molecule has 0 amide bonds. The number of benzene rings is 1. The van der Waals surface area contributed by atoms with Crippen LogP contribution in [-0.4, -0.2) is 5.11 Å². The van der Waals surface area contributed by atoms with Crippen LogP contribution in [0.2, 0.25) is 0 Å². The molecular weight excluding hydrogens is 183 g/mol. The number of phenols is 1. The Morgan fingerprint density at radius 1 is 1.31 bits per heavy atom. The van der Waals surface area contributed by atoms with E-state index in [1.165, 1.54) is 0 Å². The molecule has 0 unspecified atom stereocenters. The van der Waals surface area contributed by atoms with Crippen LogP contribution in [0, 0.1) is 0 Å². The number of aromatic hydroxyl groups is 1. The third-order valence-corrected chi connectivity index (χ3v) is 1.63. The third kappa shape index (κ3) is 2.12. The van der Waals surface area contributed by atoms with Gasteiger partial charge >= 0.3 is 6.18 Å². The lowest BCUT2D eigenvalue weighted by atomic mass is 10.1. The Hall–Kier alpha value is -1.23. The van der Waals surface area contributed by atoms with E-state index in [4.69, 9.17) is 10.8 Å². The number of halogens is 3. The average molecular weight is 191 g/mol. The molecule has 0 aliphatic carbocycles. The molecule has 0 heterocycles. The van der Waals surface area contributed by atoms with Crippen LogP contribution in [0.4, 0.5) is 13.2 Å². The van der Waals surface area contributed by atoms with E-state index in [9.17, 15) is 13.2 Å². The van der Waals surface area contributed by atoms with Crippen LogP contribution in [0.1, 0.15) is 11.1 Å². The number of hydrogen-bond acceptors (Lipinski definition) is 2. The summed E-state index contributed by atoms with van der Waals surface area (Å²) in [5.74, 6) is -0.419. The highest BCUT2D eigenvalue weighted by Gasteiger charge is 2.30. The fourth-order valence-electron chi connectivity index (χ4n) is 0.913. The minimum Gasteiger partial charge on any atom is -0.508 e. The maximum atomic E-state index is 12.1. The van der Waals surface area contributed by atoms with Gasteiger partial charge in [-0.3, -0.25) is 0 Å². The van der Waals surface area contributed by atoms with E-state index < -0.39 is 17.5 Å². The first-order valence-electron chi connectivity index (χ1n) is 3.54. The van der Waals surface area contributed by atoms with Crippen LogP contribution in [0.3, 0.4) is 0 Å². The fraction of sp³-hybridized carbons (Fsp3) is 0.250. The quantitative estimate of drug-likeness (QED) is 0.711. The Balaban J connectivity index is 3.10. The molecule has 72 valence electrons. The molecule has 13 heavy (non-hydrogen) atoms. The van der Waals surface area contributed by atoms with Gasteiger partial charge in [0, 0.05) is 12.1 Å². The van der Waals surface area contributed by atoms with E-state index in [0.29, 0.717) is 11.6 Å². The molecule has 5 heteroatoms. The highest BCUT2D eigenvalue weighted by atomic mass is 19.4. The number of nitrogens with two attached hydrogens (primary N) is 1. The monoisotopic (exact) mass is 191 g/mol. The van der Waals surface area contributed by atoms with Gasteiger partial charge in [0.15, 0.2) is 0 Å². The number of phenolic OH excluding ortho intramolecular Hbond substituents is 1. The minimum atomic E-state index is -4.43. The molecular formula is C8H8F3NO. The van der Waals surface area contributed by atoms with E-state index in [0.717, 1.165) is 12.1 Å². The van der Waals surface area contributed by atoms with Crippen LogP contribution in [-0.2, 0) is 12.7 Å². The molecule has 0 saturated carbocycles. The summed E-state index contributed by atoms with van der Waals surface area (Å²) in [6.45, 7) is 0.0178. The molecule has 0 saturated heterocycles. The summed E-state index contributed by atoms with van der Waals surface area (Å²) in [4.78, 5) is 0. The fourth-order valence-corrected chi connectivity index (χ4v) is 0.913. The van der Waals surface area contributed by atoms with Crippen LogP contribution in [0.25, 0.3) is 0 Å². The van der Waals surface area contributed by atoms with Crippen molar-refractivity contribution in [3.05, 3.63) is 29.3 Å². The van der Waals surface area contributed by atoms with Gasteiger partial charge in [0.25, 0.3) is 0 Å². The highest BCUT2D eigenvalue weighted by molar-refractivity contribution is 5.37. The molecule has 0 atom stereocenters. The summed E-state index contributed by atoms with van der Waals surface area (Å²) in [5.41, 5.74) is 4.59. The summed E-state index contributed by atoms with van der Waals surface area (Å²) in [6.07, 6.45) is -4.43. The van der Waals surface area contributed by atoms with Gasteiger partial charge in [0.2, 0.25) is 0 Å². The van der Waals surface area contributed by atoms with Gasteiger partial charge in [0.1, 0.15) is 5.75 Å². The van der Waals surface area contributed by atoms with E-state index in [-0.39, 0.29) is 6.54 Å². The van der Waals surface area contributed by atoms with Crippen molar-refractivity contribution >= 4 is 0 Å². The van der Waals surface area contributed by atoms with Crippen molar-refractivity contribution in [1.82, 2.24) is 0 Å². The number of alkyl halides is 3. The maximum Gasteiger partial charge on any atom is 0.416 e. The smallest absolute Gasteiger partial charge is 0.416 e. The molecule has 1 aromatic carbocycles. The van der Waals surface area contributed by atoms with E-state index in [1.807, 2.05) is 0 Å². The third-order valence-electron chi connectivity index (χ3n) is 1.63. The zero-order valence-corrected chi connectivity index (χ0v) is 6.60. The summed E-state index contributed by atoms with van der Waals surface area (Å²) < 4.78 is 36.2. The lowest BCUT2D eigenvalue weighted by Gasteiger charge is -2.08. The Bertz CT molecular complexity index is 309. The van der Waals surface area contributed by atoms with Gasteiger partial charge in [-0.15, -0.1) is 0 Å². The van der Waals surface area contributed by atoms with Crippen LogP contribution in [0.15, 0.2) is 18.2 Å². The normalized spacial score (nSPS) is 11.7. The van der Waals surface area contributed by atoms with E-state index in [2.05, 4.69) is 0 Å². The molecule has 1 rings (SSSR count). The molecule has 0 aliphatic heterocycles. The molecule has 2 nitrogen and oxygen atoms in total. The average Bonchev–Trinajstić information content (AvgIpc) is 2.02. The predicted octanol–water partition coefficient (Wildman–Crippen LogP) is 1.87. The molecule has 0 bridgehead atoms. The molecule has 0 aliphatic rings. The summed E-state index contributed by atoms with van der Waals surface area (Å²) >= 11 is 0. The first-order chi connectivity index (χ1) is 5.95. The second-order valence-corrected chi connectivity index (χ2v) is 2.55. The van der Waals surface area contributed by atoms with Crippen molar-refractivity contribution in [2.45, 2.75) is 12.7 Å². The Morgan fingerprint density at radius 2 is 1.92 bits per heavy atom. The summed E-state index contributed by atoms with van der Waals surface area (Å²) in [6, 6.07) is 2.72. The Morgan fingerprint density at radius 3 is 2.31 bits per heavy atom. The van der Waals surface area contributed by atoms with Gasteiger partial charge in [-0.05, 0) is 12.1 Å². The van der Waals surface area contributed by atoms with Crippen LogP contribution >= 0.6 is 0 Å². The zero-order chi connectivity index (χ0) is 10.1. The van der Waals surface area contributed by atoms with Gasteiger partial charge in [0.05, 0.1) is 5.56 Å². The first-order valence-corrected chi connectivity index (χ1v) is 3.54. The van der Waals surface area contributed by atoms with Crippen molar-refractivity contribution in [2.24, 2.45) is 5.73 Å².